The van der Waals surface area contributed by atoms with E-state index in [4.69, 9.17) is 4.74 Å². The molecule has 0 atom stereocenters. The molecule has 1 rings (SSSR count). The van der Waals surface area contributed by atoms with E-state index >= 15 is 0 Å². The highest BCUT2D eigenvalue weighted by Gasteiger charge is 2.00. The van der Waals surface area contributed by atoms with E-state index in [1.165, 1.54) is 0 Å². The largest absolute Gasteiger partial charge is 0.466 e. The Kier molecular flexibility index (Phi) is 6.64. The van der Waals surface area contributed by atoms with Crippen molar-refractivity contribution in [1.29, 1.82) is 0 Å². The Bertz CT molecular complexity index is 394. The molecular formula is C13H18N2O3. The van der Waals surface area contributed by atoms with Crippen LogP contribution in [0.5, 0.6) is 0 Å². The van der Waals surface area contributed by atoms with Gasteiger partial charge in [0.1, 0.15) is 5.69 Å². The minimum Gasteiger partial charge on any atom is -0.466 e. The fourth-order valence-corrected chi connectivity index (χ4v) is 1.55. The van der Waals surface area contributed by atoms with Gasteiger partial charge >= 0.3 is 5.97 Å². The standard InChI is InChI=1S/C13H18N2O3/c1-2-18-13(16)7-4-8-14-10-11-5-3-6-12(9-11)15-17/h3,5-6,9,14H,2,4,7-8,10H2,1H3. The zero-order chi connectivity index (χ0) is 13.2. The molecule has 0 radical (unpaired) electrons. The van der Waals surface area contributed by atoms with Gasteiger partial charge in [-0.05, 0) is 42.8 Å². The highest BCUT2D eigenvalue weighted by Crippen LogP contribution is 2.13. The van der Waals surface area contributed by atoms with Gasteiger partial charge in [-0.2, -0.15) is 0 Å². The third-order valence-electron chi connectivity index (χ3n) is 2.38. The van der Waals surface area contributed by atoms with Crippen molar-refractivity contribution in [3.63, 3.8) is 0 Å². The van der Waals surface area contributed by atoms with E-state index in [1.54, 1.807) is 25.1 Å². The third-order valence-corrected chi connectivity index (χ3v) is 2.38. The van der Waals surface area contributed by atoms with Gasteiger partial charge in [0.25, 0.3) is 0 Å². The molecule has 1 N–H and O–H groups in total. The van der Waals surface area contributed by atoms with Crippen LogP contribution in [-0.4, -0.2) is 19.1 Å². The number of esters is 1. The fraction of sp³-hybridized carbons (Fsp3) is 0.462. The van der Waals surface area contributed by atoms with Crippen molar-refractivity contribution in [2.45, 2.75) is 26.3 Å². The van der Waals surface area contributed by atoms with Gasteiger partial charge in [-0.15, -0.1) is 4.91 Å². The molecular weight excluding hydrogens is 232 g/mol. The number of rotatable bonds is 8. The minimum atomic E-state index is -0.161. The quantitative estimate of drug-likeness (QED) is 0.437. The normalized spacial score (nSPS) is 10.1. The maximum atomic E-state index is 11.1. The first-order valence-electron chi connectivity index (χ1n) is 6.05. The predicted molar refractivity (Wildman–Crippen MR) is 69.5 cm³/mol. The van der Waals surface area contributed by atoms with Crippen molar-refractivity contribution in [3.05, 3.63) is 34.7 Å². The molecule has 0 saturated carbocycles. The molecule has 0 aliphatic heterocycles. The van der Waals surface area contributed by atoms with E-state index < -0.39 is 0 Å². The van der Waals surface area contributed by atoms with Crippen LogP contribution in [0.25, 0.3) is 0 Å². The van der Waals surface area contributed by atoms with Gasteiger partial charge in [0.2, 0.25) is 0 Å². The molecule has 5 heteroatoms. The Morgan fingerprint density at radius 3 is 3.00 bits per heavy atom. The van der Waals surface area contributed by atoms with E-state index in [9.17, 15) is 9.70 Å². The van der Waals surface area contributed by atoms with Crippen molar-refractivity contribution in [2.24, 2.45) is 5.18 Å². The van der Waals surface area contributed by atoms with Gasteiger partial charge in [-0.25, -0.2) is 0 Å². The van der Waals surface area contributed by atoms with Gasteiger partial charge < -0.3 is 10.1 Å². The van der Waals surface area contributed by atoms with Crippen molar-refractivity contribution in [1.82, 2.24) is 5.32 Å². The van der Waals surface area contributed by atoms with Crippen LogP contribution >= 0.6 is 0 Å². The topological polar surface area (TPSA) is 67.8 Å². The third kappa shape index (κ3) is 5.54. The van der Waals surface area contributed by atoms with Crippen LogP contribution in [0.3, 0.4) is 0 Å². The number of nitrogens with one attached hydrogen (secondary N) is 1. The average Bonchev–Trinajstić information content (AvgIpc) is 2.39. The smallest absolute Gasteiger partial charge is 0.305 e. The van der Waals surface area contributed by atoms with Crippen LogP contribution in [0.1, 0.15) is 25.3 Å². The van der Waals surface area contributed by atoms with Gasteiger partial charge in [-0.1, -0.05) is 12.1 Å². The number of benzene rings is 1. The molecule has 0 spiro atoms. The Morgan fingerprint density at radius 2 is 2.28 bits per heavy atom. The van der Waals surface area contributed by atoms with Crippen LogP contribution in [-0.2, 0) is 16.1 Å². The number of ether oxygens (including phenoxy) is 1. The van der Waals surface area contributed by atoms with Gasteiger partial charge in [-0.3, -0.25) is 4.79 Å². The number of carbonyl (C=O) groups is 1. The minimum absolute atomic E-state index is 0.161. The summed E-state index contributed by atoms with van der Waals surface area (Å²) in [5.41, 5.74) is 1.43. The van der Waals surface area contributed by atoms with Gasteiger partial charge in [0, 0.05) is 13.0 Å². The summed E-state index contributed by atoms with van der Waals surface area (Å²) in [7, 11) is 0. The maximum Gasteiger partial charge on any atom is 0.305 e. The molecule has 1 aromatic rings. The molecule has 0 aliphatic rings. The summed E-state index contributed by atoms with van der Waals surface area (Å²) in [5.74, 6) is -0.161. The van der Waals surface area contributed by atoms with Crippen LogP contribution in [0, 0.1) is 4.91 Å². The molecule has 5 nitrogen and oxygen atoms in total. The molecule has 18 heavy (non-hydrogen) atoms. The van der Waals surface area contributed by atoms with E-state index in [-0.39, 0.29) is 5.97 Å². The van der Waals surface area contributed by atoms with Crippen molar-refractivity contribution in [3.8, 4) is 0 Å². The molecule has 98 valence electrons. The Morgan fingerprint density at radius 1 is 1.44 bits per heavy atom. The second kappa shape index (κ2) is 8.36. The lowest BCUT2D eigenvalue weighted by atomic mass is 10.2. The number of nitroso groups, excluding NO2 is 1. The molecule has 0 heterocycles. The summed E-state index contributed by atoms with van der Waals surface area (Å²) in [5, 5.41) is 6.08. The lowest BCUT2D eigenvalue weighted by molar-refractivity contribution is -0.143. The molecule has 0 aromatic heterocycles. The maximum absolute atomic E-state index is 11.1. The SMILES string of the molecule is CCOC(=O)CCCNCc1cccc(N=O)c1. The second-order valence-corrected chi connectivity index (χ2v) is 3.85. The van der Waals surface area contributed by atoms with E-state index in [2.05, 4.69) is 10.5 Å². The summed E-state index contributed by atoms with van der Waals surface area (Å²) in [6.07, 6.45) is 1.17. The van der Waals surface area contributed by atoms with Crippen LogP contribution < -0.4 is 5.32 Å². The summed E-state index contributed by atoms with van der Waals surface area (Å²) >= 11 is 0. The van der Waals surface area contributed by atoms with Crippen molar-refractivity contribution in [2.75, 3.05) is 13.2 Å². The molecule has 0 bridgehead atoms. The lowest BCUT2D eigenvalue weighted by Gasteiger charge is -2.05. The molecule has 1 aromatic carbocycles. The second-order valence-electron chi connectivity index (χ2n) is 3.85. The molecule has 0 amide bonds. The Labute approximate surface area is 107 Å². The lowest BCUT2D eigenvalue weighted by Crippen LogP contribution is -2.16. The van der Waals surface area contributed by atoms with Crippen LogP contribution in [0.15, 0.2) is 29.4 Å². The Balaban J connectivity index is 2.17. The van der Waals surface area contributed by atoms with Crippen molar-refractivity contribution >= 4 is 11.7 Å². The number of nitrogens with zero attached hydrogens (tertiary/aromatic N) is 1. The first-order chi connectivity index (χ1) is 8.76. The number of carbonyl (C=O) groups excluding carboxylic acids is 1. The zero-order valence-corrected chi connectivity index (χ0v) is 10.5. The van der Waals surface area contributed by atoms with Gasteiger partial charge in [0.05, 0.1) is 6.61 Å². The van der Waals surface area contributed by atoms with E-state index in [0.29, 0.717) is 25.3 Å². The predicted octanol–water partition coefficient (Wildman–Crippen LogP) is 2.52. The highest BCUT2D eigenvalue weighted by atomic mass is 16.5. The summed E-state index contributed by atoms with van der Waals surface area (Å²) in [4.78, 5) is 21.4. The summed E-state index contributed by atoms with van der Waals surface area (Å²) in [6, 6.07) is 7.13. The van der Waals surface area contributed by atoms with E-state index in [1.807, 2.05) is 6.07 Å². The number of hydrogen-bond acceptors (Lipinski definition) is 5. The summed E-state index contributed by atoms with van der Waals surface area (Å²) < 4.78 is 4.82. The van der Waals surface area contributed by atoms with Crippen LogP contribution in [0.2, 0.25) is 0 Å². The number of hydrogen-bond donors (Lipinski definition) is 1. The van der Waals surface area contributed by atoms with Crippen molar-refractivity contribution < 1.29 is 9.53 Å². The molecule has 0 aliphatic carbocycles. The monoisotopic (exact) mass is 250 g/mol. The van der Waals surface area contributed by atoms with Crippen LogP contribution in [0.4, 0.5) is 5.69 Å². The summed E-state index contributed by atoms with van der Waals surface area (Å²) in [6.45, 7) is 3.62. The Hall–Kier alpha value is -1.75. The molecule has 0 saturated heterocycles. The zero-order valence-electron chi connectivity index (χ0n) is 10.5. The molecule has 0 unspecified atom stereocenters. The average molecular weight is 250 g/mol. The highest BCUT2D eigenvalue weighted by molar-refractivity contribution is 5.69. The fourth-order valence-electron chi connectivity index (χ4n) is 1.55. The first kappa shape index (κ1) is 14.3. The molecule has 0 fully saturated rings. The van der Waals surface area contributed by atoms with Gasteiger partial charge in [0.15, 0.2) is 0 Å². The first-order valence-corrected chi connectivity index (χ1v) is 6.05. The van der Waals surface area contributed by atoms with E-state index in [0.717, 1.165) is 18.5 Å².